The summed E-state index contributed by atoms with van der Waals surface area (Å²) in [6.07, 6.45) is 0. The summed E-state index contributed by atoms with van der Waals surface area (Å²) in [7, 11) is 0. The van der Waals surface area contributed by atoms with Gasteiger partial charge >= 0.3 is 0 Å². The van der Waals surface area contributed by atoms with Gasteiger partial charge in [-0.15, -0.1) is 11.3 Å². The molecular weight excluding hydrogens is 150 g/mol. The monoisotopic (exact) mass is 157 g/mol. The van der Waals surface area contributed by atoms with E-state index in [4.69, 9.17) is 10.9 Å². The van der Waals surface area contributed by atoms with Crippen molar-refractivity contribution in [3.63, 3.8) is 0 Å². The van der Waals surface area contributed by atoms with Gasteiger partial charge in [0.2, 0.25) is 0 Å². The molecule has 0 aliphatic heterocycles. The molecule has 0 atom stereocenters. The Kier molecular flexibility index (Phi) is 1.86. The summed E-state index contributed by atoms with van der Waals surface area (Å²) in [6, 6.07) is 0. The number of amidine groups is 1. The van der Waals surface area contributed by atoms with Gasteiger partial charge in [0.05, 0.1) is 0 Å². The molecule has 1 heterocycles. The maximum absolute atomic E-state index is 8.23. The number of oxime groups is 1. The quantitative estimate of drug-likeness (QED) is 0.270. The first-order valence-electron chi connectivity index (χ1n) is 2.64. The zero-order chi connectivity index (χ0) is 7.56. The summed E-state index contributed by atoms with van der Waals surface area (Å²) in [5.41, 5.74) is 6.14. The molecular formula is C5H7N3OS. The van der Waals surface area contributed by atoms with Crippen LogP contribution < -0.4 is 5.73 Å². The standard InChI is InChI=1S/C5H7N3OS/c1-3-2-10-5(7-3)4(6)8-9/h2,9H,1H3,(H2,6,8). The van der Waals surface area contributed by atoms with Crippen molar-refractivity contribution in [1.82, 2.24) is 4.98 Å². The molecule has 0 saturated carbocycles. The van der Waals surface area contributed by atoms with E-state index in [0.717, 1.165) is 5.69 Å². The van der Waals surface area contributed by atoms with Crippen molar-refractivity contribution in [2.75, 3.05) is 0 Å². The molecule has 10 heavy (non-hydrogen) atoms. The first-order chi connectivity index (χ1) is 4.74. The van der Waals surface area contributed by atoms with E-state index in [9.17, 15) is 0 Å². The summed E-state index contributed by atoms with van der Waals surface area (Å²) < 4.78 is 0. The second-order valence-corrected chi connectivity index (χ2v) is 2.64. The van der Waals surface area contributed by atoms with Crippen LogP contribution >= 0.6 is 11.3 Å². The fourth-order valence-corrected chi connectivity index (χ4v) is 1.21. The third-order valence-electron chi connectivity index (χ3n) is 0.946. The second-order valence-electron chi connectivity index (χ2n) is 1.78. The number of nitrogens with zero attached hydrogens (tertiary/aromatic N) is 2. The minimum atomic E-state index is 0.0677. The van der Waals surface area contributed by atoms with E-state index in [0.29, 0.717) is 5.01 Å². The lowest BCUT2D eigenvalue weighted by Gasteiger charge is -1.86. The molecule has 0 saturated heterocycles. The van der Waals surface area contributed by atoms with Crippen LogP contribution in [0, 0.1) is 6.92 Å². The number of thiazole rings is 1. The van der Waals surface area contributed by atoms with Crippen LogP contribution in [0.4, 0.5) is 0 Å². The highest BCUT2D eigenvalue weighted by Crippen LogP contribution is 2.07. The molecule has 0 fully saturated rings. The van der Waals surface area contributed by atoms with Crippen LogP contribution in [-0.2, 0) is 0 Å². The summed E-state index contributed by atoms with van der Waals surface area (Å²) in [6.45, 7) is 1.85. The van der Waals surface area contributed by atoms with Crippen molar-refractivity contribution in [3.05, 3.63) is 16.1 Å². The minimum Gasteiger partial charge on any atom is -0.409 e. The summed E-state index contributed by atoms with van der Waals surface area (Å²) in [5.74, 6) is 0.0677. The predicted molar refractivity (Wildman–Crippen MR) is 39.4 cm³/mol. The van der Waals surface area contributed by atoms with Crippen molar-refractivity contribution >= 4 is 17.2 Å². The third-order valence-corrected chi connectivity index (χ3v) is 1.93. The highest BCUT2D eigenvalue weighted by atomic mass is 32.1. The molecule has 0 amide bonds. The van der Waals surface area contributed by atoms with E-state index >= 15 is 0 Å². The Labute approximate surface area is 62.0 Å². The topological polar surface area (TPSA) is 71.5 Å². The van der Waals surface area contributed by atoms with Gasteiger partial charge in [-0.3, -0.25) is 0 Å². The third kappa shape index (κ3) is 1.24. The van der Waals surface area contributed by atoms with Crippen LogP contribution in [0.2, 0.25) is 0 Å². The molecule has 0 spiro atoms. The maximum Gasteiger partial charge on any atom is 0.199 e. The molecule has 3 N–H and O–H groups in total. The lowest BCUT2D eigenvalue weighted by molar-refractivity contribution is 0.318. The van der Waals surface area contributed by atoms with Crippen molar-refractivity contribution in [3.8, 4) is 0 Å². The Balaban J connectivity index is 2.95. The molecule has 4 nitrogen and oxygen atoms in total. The lowest BCUT2D eigenvalue weighted by atomic mass is 10.5. The van der Waals surface area contributed by atoms with Gasteiger partial charge in [-0.25, -0.2) is 4.98 Å². The fraction of sp³-hybridized carbons (Fsp3) is 0.200. The average molecular weight is 157 g/mol. The van der Waals surface area contributed by atoms with Crippen molar-refractivity contribution in [2.24, 2.45) is 10.9 Å². The van der Waals surface area contributed by atoms with Crippen LogP contribution in [0.25, 0.3) is 0 Å². The van der Waals surface area contributed by atoms with E-state index in [1.54, 1.807) is 0 Å². The summed E-state index contributed by atoms with van der Waals surface area (Å²) in [4.78, 5) is 3.98. The smallest absolute Gasteiger partial charge is 0.199 e. The van der Waals surface area contributed by atoms with Gasteiger partial charge in [-0.05, 0) is 6.92 Å². The second kappa shape index (κ2) is 2.66. The van der Waals surface area contributed by atoms with E-state index < -0.39 is 0 Å². The fourth-order valence-electron chi connectivity index (χ4n) is 0.514. The Hall–Kier alpha value is -1.10. The molecule has 1 rings (SSSR count). The normalized spacial score (nSPS) is 11.9. The van der Waals surface area contributed by atoms with E-state index in [1.165, 1.54) is 11.3 Å². The van der Waals surface area contributed by atoms with Gasteiger partial charge in [-0.1, -0.05) is 5.16 Å². The zero-order valence-electron chi connectivity index (χ0n) is 5.40. The van der Waals surface area contributed by atoms with Gasteiger partial charge < -0.3 is 10.9 Å². The lowest BCUT2D eigenvalue weighted by Crippen LogP contribution is -2.12. The molecule has 54 valence electrons. The highest BCUT2D eigenvalue weighted by Gasteiger charge is 2.01. The van der Waals surface area contributed by atoms with Crippen molar-refractivity contribution in [1.29, 1.82) is 0 Å². The Morgan fingerprint density at radius 3 is 3.00 bits per heavy atom. The molecule has 1 aromatic heterocycles. The van der Waals surface area contributed by atoms with Crippen molar-refractivity contribution in [2.45, 2.75) is 6.92 Å². The molecule has 0 aromatic carbocycles. The molecule has 0 aliphatic carbocycles. The van der Waals surface area contributed by atoms with Crippen LogP contribution in [0.1, 0.15) is 10.7 Å². The first kappa shape index (κ1) is 7.01. The largest absolute Gasteiger partial charge is 0.409 e. The number of aromatic nitrogens is 1. The molecule has 0 aliphatic rings. The van der Waals surface area contributed by atoms with Gasteiger partial charge in [0.1, 0.15) is 0 Å². The average Bonchev–Trinajstić information content (AvgIpc) is 2.34. The Morgan fingerprint density at radius 1 is 1.90 bits per heavy atom. The first-order valence-corrected chi connectivity index (χ1v) is 3.52. The van der Waals surface area contributed by atoms with Crippen LogP contribution in [0.3, 0.4) is 0 Å². The minimum absolute atomic E-state index is 0.0677. The van der Waals surface area contributed by atoms with E-state index in [-0.39, 0.29) is 5.84 Å². The molecule has 0 unspecified atom stereocenters. The zero-order valence-corrected chi connectivity index (χ0v) is 6.22. The van der Waals surface area contributed by atoms with Crippen LogP contribution in [0.15, 0.2) is 10.5 Å². The molecule has 1 aromatic rings. The highest BCUT2D eigenvalue weighted by molar-refractivity contribution is 7.11. The predicted octanol–water partition coefficient (Wildman–Crippen LogP) is 0.546. The number of hydrogen-bond acceptors (Lipinski definition) is 4. The van der Waals surface area contributed by atoms with Crippen LogP contribution in [-0.4, -0.2) is 16.0 Å². The number of rotatable bonds is 1. The summed E-state index contributed by atoms with van der Waals surface area (Å²) in [5, 5.41) is 13.4. The number of aryl methyl sites for hydroxylation is 1. The summed E-state index contributed by atoms with van der Waals surface area (Å²) >= 11 is 1.36. The van der Waals surface area contributed by atoms with Gasteiger partial charge in [0.15, 0.2) is 10.8 Å². The Morgan fingerprint density at radius 2 is 2.60 bits per heavy atom. The Bertz CT molecular complexity index is 255. The van der Waals surface area contributed by atoms with Gasteiger partial charge in [-0.2, -0.15) is 0 Å². The molecule has 0 bridgehead atoms. The van der Waals surface area contributed by atoms with Crippen molar-refractivity contribution < 1.29 is 5.21 Å². The van der Waals surface area contributed by atoms with Gasteiger partial charge in [0, 0.05) is 11.1 Å². The van der Waals surface area contributed by atoms with Gasteiger partial charge in [0.25, 0.3) is 0 Å². The molecule has 0 radical (unpaired) electrons. The van der Waals surface area contributed by atoms with Crippen LogP contribution in [0.5, 0.6) is 0 Å². The SMILES string of the molecule is Cc1csc(/C(N)=N/O)n1. The van der Waals surface area contributed by atoms with E-state index in [1.807, 2.05) is 12.3 Å². The maximum atomic E-state index is 8.23. The van der Waals surface area contributed by atoms with E-state index in [2.05, 4.69) is 10.1 Å². The molecule has 5 heteroatoms. The number of hydrogen-bond donors (Lipinski definition) is 2. The number of nitrogens with two attached hydrogens (primary N) is 1.